The summed E-state index contributed by atoms with van der Waals surface area (Å²) >= 11 is 0. The summed E-state index contributed by atoms with van der Waals surface area (Å²) in [5.74, 6) is 0.993. The molecule has 3 aromatic rings. The van der Waals surface area contributed by atoms with Crippen LogP contribution in [0.4, 0.5) is 5.69 Å². The first-order chi connectivity index (χ1) is 11.7. The van der Waals surface area contributed by atoms with E-state index in [0.29, 0.717) is 17.2 Å². The van der Waals surface area contributed by atoms with Gasteiger partial charge in [0.15, 0.2) is 6.61 Å². The molecular weight excluding hydrogens is 310 g/mol. The van der Waals surface area contributed by atoms with Gasteiger partial charge in [0.2, 0.25) is 0 Å². The lowest BCUT2D eigenvalue weighted by Gasteiger charge is -2.09. The van der Waals surface area contributed by atoms with E-state index in [1.54, 1.807) is 55.6 Å². The van der Waals surface area contributed by atoms with Crippen molar-refractivity contribution in [3.63, 3.8) is 0 Å². The van der Waals surface area contributed by atoms with Crippen LogP contribution in [0.3, 0.4) is 0 Å². The number of nitrogens with zero attached hydrogens (tertiary/aromatic N) is 4. The first-order valence-electron chi connectivity index (χ1n) is 7.15. The average molecular weight is 325 g/mol. The summed E-state index contributed by atoms with van der Waals surface area (Å²) in [4.78, 5) is 11.9. The lowest BCUT2D eigenvalue weighted by atomic mass is 10.3. The monoisotopic (exact) mass is 325 g/mol. The number of ether oxygens (including phenoxy) is 2. The van der Waals surface area contributed by atoms with Crippen molar-refractivity contribution < 1.29 is 14.3 Å². The number of aromatic nitrogens is 4. The Labute approximate surface area is 138 Å². The fourth-order valence-electron chi connectivity index (χ4n) is 2.02. The molecule has 0 saturated carbocycles. The van der Waals surface area contributed by atoms with Crippen molar-refractivity contribution >= 4 is 11.6 Å². The predicted molar refractivity (Wildman–Crippen MR) is 86.3 cm³/mol. The van der Waals surface area contributed by atoms with E-state index in [0.717, 1.165) is 5.69 Å². The minimum atomic E-state index is -0.257. The number of nitrogens with one attached hydrogen (secondary N) is 1. The fraction of sp³-hybridized carbons (Fsp3) is 0.125. The second-order valence-electron chi connectivity index (χ2n) is 4.82. The highest BCUT2D eigenvalue weighted by Crippen LogP contribution is 2.17. The van der Waals surface area contributed by atoms with Gasteiger partial charge in [-0.15, -0.1) is 5.10 Å². The van der Waals surface area contributed by atoms with Gasteiger partial charge in [-0.2, -0.15) is 0 Å². The van der Waals surface area contributed by atoms with Gasteiger partial charge in [0, 0.05) is 11.8 Å². The highest BCUT2D eigenvalue weighted by atomic mass is 16.5. The highest BCUT2D eigenvalue weighted by Gasteiger charge is 2.05. The van der Waals surface area contributed by atoms with E-state index in [1.807, 2.05) is 0 Å². The number of amides is 1. The molecule has 0 saturated heterocycles. The van der Waals surface area contributed by atoms with E-state index in [2.05, 4.69) is 20.8 Å². The van der Waals surface area contributed by atoms with E-state index in [9.17, 15) is 4.79 Å². The topological polar surface area (TPSA) is 91.2 Å². The Balaban J connectivity index is 1.54. The number of hydrogen-bond donors (Lipinski definition) is 1. The number of carbonyl (C=O) groups is 1. The third-order valence-electron chi connectivity index (χ3n) is 3.17. The molecule has 8 heteroatoms. The van der Waals surface area contributed by atoms with Crippen LogP contribution in [0.5, 0.6) is 11.5 Å². The van der Waals surface area contributed by atoms with E-state index >= 15 is 0 Å². The maximum atomic E-state index is 11.9. The Hall–Kier alpha value is -3.42. The molecule has 0 radical (unpaired) electrons. The maximum Gasteiger partial charge on any atom is 0.262 e. The van der Waals surface area contributed by atoms with Crippen molar-refractivity contribution in [2.75, 3.05) is 19.0 Å². The second-order valence-corrected chi connectivity index (χ2v) is 4.82. The summed E-state index contributed by atoms with van der Waals surface area (Å²) in [5, 5.41) is 13.7. The normalized spacial score (nSPS) is 10.2. The summed E-state index contributed by atoms with van der Waals surface area (Å²) in [6, 6.07) is 14.2. The zero-order valence-electron chi connectivity index (χ0n) is 12.9. The van der Waals surface area contributed by atoms with Gasteiger partial charge in [0.25, 0.3) is 5.91 Å². The molecule has 0 spiro atoms. The van der Waals surface area contributed by atoms with Crippen molar-refractivity contribution in [3.8, 4) is 17.2 Å². The molecule has 0 aliphatic rings. The van der Waals surface area contributed by atoms with Crippen LogP contribution in [-0.4, -0.2) is 39.8 Å². The van der Waals surface area contributed by atoms with Crippen LogP contribution >= 0.6 is 0 Å². The van der Waals surface area contributed by atoms with Crippen molar-refractivity contribution in [2.24, 2.45) is 0 Å². The quantitative estimate of drug-likeness (QED) is 0.741. The lowest BCUT2D eigenvalue weighted by molar-refractivity contribution is -0.118. The predicted octanol–water partition coefficient (Wildman–Crippen LogP) is 1.69. The number of rotatable bonds is 6. The summed E-state index contributed by atoms with van der Waals surface area (Å²) in [6.45, 7) is -0.0958. The molecule has 0 bridgehead atoms. The molecule has 8 nitrogen and oxygen atoms in total. The van der Waals surface area contributed by atoms with Crippen LogP contribution in [-0.2, 0) is 4.79 Å². The van der Waals surface area contributed by atoms with Crippen LogP contribution in [0.2, 0.25) is 0 Å². The zero-order valence-corrected chi connectivity index (χ0v) is 12.9. The third-order valence-corrected chi connectivity index (χ3v) is 3.17. The number of carbonyl (C=O) groups excluding carboxylic acids is 1. The molecular formula is C16H15N5O3. The number of hydrogen-bond acceptors (Lipinski definition) is 6. The minimum absolute atomic E-state index is 0.0958. The molecule has 24 heavy (non-hydrogen) atoms. The number of methoxy groups -OCH3 is 1. The van der Waals surface area contributed by atoms with E-state index < -0.39 is 0 Å². The maximum absolute atomic E-state index is 11.9. The Morgan fingerprint density at radius 2 is 2.00 bits per heavy atom. The highest BCUT2D eigenvalue weighted by molar-refractivity contribution is 5.92. The minimum Gasteiger partial charge on any atom is -0.497 e. The van der Waals surface area contributed by atoms with E-state index in [4.69, 9.17) is 9.47 Å². The largest absolute Gasteiger partial charge is 0.497 e. The SMILES string of the molecule is COc1cccc(NC(=O)COc2ccc(-n3cnnn3)cc2)c1. The molecule has 2 aromatic carbocycles. The number of benzene rings is 2. The van der Waals surface area contributed by atoms with Crippen molar-refractivity contribution in [2.45, 2.75) is 0 Å². The second kappa shape index (κ2) is 7.23. The standard InChI is InChI=1S/C16H15N5O3/c1-23-15-4-2-3-12(9-15)18-16(22)10-24-14-7-5-13(6-8-14)21-11-17-19-20-21/h2-9,11H,10H2,1H3,(H,18,22). The Kier molecular flexibility index (Phi) is 4.66. The number of tetrazole rings is 1. The summed E-state index contributed by atoms with van der Waals surface area (Å²) in [5.41, 5.74) is 1.45. The molecule has 0 aliphatic carbocycles. The molecule has 0 unspecified atom stereocenters. The van der Waals surface area contributed by atoms with Gasteiger partial charge in [-0.25, -0.2) is 4.68 Å². The fourth-order valence-corrected chi connectivity index (χ4v) is 2.02. The van der Waals surface area contributed by atoms with Crippen LogP contribution in [0.1, 0.15) is 0 Å². The summed E-state index contributed by atoms with van der Waals surface area (Å²) in [7, 11) is 1.57. The number of anilines is 1. The van der Waals surface area contributed by atoms with Gasteiger partial charge in [-0.3, -0.25) is 4.79 Å². The van der Waals surface area contributed by atoms with Crippen molar-refractivity contribution in [1.82, 2.24) is 20.2 Å². The van der Waals surface area contributed by atoms with Crippen LogP contribution in [0.25, 0.3) is 5.69 Å². The molecule has 1 heterocycles. The third kappa shape index (κ3) is 3.86. The zero-order chi connectivity index (χ0) is 16.8. The van der Waals surface area contributed by atoms with Gasteiger partial charge in [-0.05, 0) is 46.8 Å². The van der Waals surface area contributed by atoms with Gasteiger partial charge >= 0.3 is 0 Å². The van der Waals surface area contributed by atoms with Gasteiger partial charge in [0.1, 0.15) is 17.8 Å². The smallest absolute Gasteiger partial charge is 0.262 e. The van der Waals surface area contributed by atoms with Crippen LogP contribution in [0, 0.1) is 0 Å². The summed E-state index contributed by atoms with van der Waals surface area (Å²) in [6.07, 6.45) is 1.50. The molecule has 3 rings (SSSR count). The first kappa shape index (κ1) is 15.5. The van der Waals surface area contributed by atoms with Crippen molar-refractivity contribution in [1.29, 1.82) is 0 Å². The molecule has 1 N–H and O–H groups in total. The molecule has 122 valence electrons. The molecule has 1 aromatic heterocycles. The molecule has 1 amide bonds. The summed E-state index contributed by atoms with van der Waals surface area (Å²) < 4.78 is 12.1. The molecule has 0 aliphatic heterocycles. The van der Waals surface area contributed by atoms with Gasteiger partial charge in [-0.1, -0.05) is 6.07 Å². The Bertz CT molecular complexity index is 803. The van der Waals surface area contributed by atoms with Crippen molar-refractivity contribution in [3.05, 3.63) is 54.9 Å². The molecule has 0 atom stereocenters. The van der Waals surface area contributed by atoms with Gasteiger partial charge in [0.05, 0.1) is 12.8 Å². The lowest BCUT2D eigenvalue weighted by Crippen LogP contribution is -2.20. The first-order valence-corrected chi connectivity index (χ1v) is 7.15. The Morgan fingerprint density at radius 1 is 1.17 bits per heavy atom. The molecule has 0 fully saturated rings. The van der Waals surface area contributed by atoms with Crippen LogP contribution in [0.15, 0.2) is 54.9 Å². The Morgan fingerprint density at radius 3 is 2.71 bits per heavy atom. The van der Waals surface area contributed by atoms with E-state index in [1.165, 1.54) is 11.0 Å². The average Bonchev–Trinajstić information content (AvgIpc) is 3.15. The van der Waals surface area contributed by atoms with Crippen LogP contribution < -0.4 is 14.8 Å². The van der Waals surface area contributed by atoms with E-state index in [-0.39, 0.29) is 12.5 Å². The van der Waals surface area contributed by atoms with Gasteiger partial charge < -0.3 is 14.8 Å².